The number of rotatable bonds is 3. The predicted octanol–water partition coefficient (Wildman–Crippen LogP) is 0.380. The highest BCUT2D eigenvalue weighted by atomic mass is 16.7. The third-order valence-corrected chi connectivity index (χ3v) is 2.22. The van der Waals surface area contributed by atoms with Crippen LogP contribution < -0.4 is 5.73 Å². The first-order valence-electron chi connectivity index (χ1n) is 3.95. The normalized spacial score (nSPS) is 15.9. The molecule has 0 aliphatic carbocycles. The molecule has 0 rings (SSSR count). The second-order valence-corrected chi connectivity index (χ2v) is 3.42. The average Bonchev–Trinajstić information content (AvgIpc) is 2.01. The van der Waals surface area contributed by atoms with Gasteiger partial charge in [0.05, 0.1) is 12.6 Å². The molecule has 0 aromatic rings. The van der Waals surface area contributed by atoms with E-state index in [9.17, 15) is 4.79 Å². The zero-order valence-corrected chi connectivity index (χ0v) is 8.42. The van der Waals surface area contributed by atoms with Crippen molar-refractivity contribution in [2.75, 3.05) is 14.2 Å². The van der Waals surface area contributed by atoms with Crippen molar-refractivity contribution >= 4 is 5.91 Å². The number of nitrogens with two attached hydrogens (primary N) is 1. The van der Waals surface area contributed by atoms with Gasteiger partial charge in [0.15, 0.2) is 0 Å². The minimum absolute atomic E-state index is 0.0857. The molecule has 0 saturated heterocycles. The van der Waals surface area contributed by atoms with E-state index < -0.39 is 5.54 Å². The first-order valence-corrected chi connectivity index (χ1v) is 3.95. The van der Waals surface area contributed by atoms with E-state index in [4.69, 9.17) is 10.6 Å². The van der Waals surface area contributed by atoms with Crippen LogP contribution in [-0.2, 0) is 9.63 Å². The number of nitrogens with zero attached hydrogens (tertiary/aromatic N) is 1. The molecule has 12 heavy (non-hydrogen) atoms. The minimum Gasteiger partial charge on any atom is -0.317 e. The molecule has 0 spiro atoms. The number of carbonyl (C=O) groups is 1. The largest absolute Gasteiger partial charge is 0.317 e. The Bertz CT molecular complexity index is 166. The molecule has 0 fully saturated rings. The second kappa shape index (κ2) is 3.87. The second-order valence-electron chi connectivity index (χ2n) is 3.42. The molecule has 72 valence electrons. The molecule has 4 nitrogen and oxygen atoms in total. The van der Waals surface area contributed by atoms with Crippen LogP contribution in [0.15, 0.2) is 0 Å². The van der Waals surface area contributed by atoms with Gasteiger partial charge in [0.2, 0.25) is 0 Å². The van der Waals surface area contributed by atoms with E-state index >= 15 is 0 Å². The van der Waals surface area contributed by atoms with Crippen LogP contribution >= 0.6 is 0 Å². The molecule has 0 aliphatic heterocycles. The third-order valence-electron chi connectivity index (χ3n) is 2.22. The van der Waals surface area contributed by atoms with E-state index in [1.165, 1.54) is 7.11 Å². The Morgan fingerprint density at radius 2 is 2.00 bits per heavy atom. The monoisotopic (exact) mass is 174 g/mol. The Hall–Kier alpha value is -0.610. The van der Waals surface area contributed by atoms with Crippen molar-refractivity contribution in [2.45, 2.75) is 26.3 Å². The summed E-state index contributed by atoms with van der Waals surface area (Å²) < 4.78 is 0. The lowest BCUT2D eigenvalue weighted by Gasteiger charge is -2.30. The number of carbonyl (C=O) groups excluding carboxylic acids is 1. The fraction of sp³-hybridized carbons (Fsp3) is 0.875. The van der Waals surface area contributed by atoms with Crippen molar-refractivity contribution in [3.05, 3.63) is 0 Å². The van der Waals surface area contributed by atoms with Crippen molar-refractivity contribution in [1.82, 2.24) is 5.06 Å². The molecule has 0 aromatic carbocycles. The molecule has 2 N–H and O–H groups in total. The SMILES string of the molecule is CON(C)C(=O)[C@@](C)(N)C(C)C. The van der Waals surface area contributed by atoms with Gasteiger partial charge in [0.1, 0.15) is 0 Å². The molecule has 1 amide bonds. The fourth-order valence-electron chi connectivity index (χ4n) is 0.669. The van der Waals surface area contributed by atoms with Crippen LogP contribution in [0.3, 0.4) is 0 Å². The molecular formula is C8H18N2O2. The van der Waals surface area contributed by atoms with Crippen molar-refractivity contribution in [1.29, 1.82) is 0 Å². The van der Waals surface area contributed by atoms with Crippen LogP contribution in [0.5, 0.6) is 0 Å². The van der Waals surface area contributed by atoms with Crippen molar-refractivity contribution in [2.24, 2.45) is 11.7 Å². The van der Waals surface area contributed by atoms with Crippen molar-refractivity contribution < 1.29 is 9.63 Å². The van der Waals surface area contributed by atoms with Gasteiger partial charge in [-0.25, -0.2) is 5.06 Å². The summed E-state index contributed by atoms with van der Waals surface area (Å²) in [5.74, 6) is -0.123. The highest BCUT2D eigenvalue weighted by molar-refractivity contribution is 5.84. The number of amides is 1. The summed E-state index contributed by atoms with van der Waals surface area (Å²) in [6, 6.07) is 0. The number of hydroxylamine groups is 2. The van der Waals surface area contributed by atoms with Crippen LogP contribution in [0.1, 0.15) is 20.8 Å². The lowest BCUT2D eigenvalue weighted by molar-refractivity contribution is -0.175. The number of hydrogen-bond donors (Lipinski definition) is 1. The summed E-state index contributed by atoms with van der Waals surface area (Å²) in [5, 5.41) is 1.15. The van der Waals surface area contributed by atoms with Crippen LogP contribution in [0, 0.1) is 5.92 Å². The zero-order valence-electron chi connectivity index (χ0n) is 8.42. The maximum absolute atomic E-state index is 11.5. The quantitative estimate of drug-likeness (QED) is 0.629. The van der Waals surface area contributed by atoms with Gasteiger partial charge in [-0.15, -0.1) is 0 Å². The van der Waals surface area contributed by atoms with E-state index in [1.807, 2.05) is 13.8 Å². The predicted molar refractivity (Wildman–Crippen MR) is 47.2 cm³/mol. The Kier molecular flexibility index (Phi) is 3.67. The summed E-state index contributed by atoms with van der Waals surface area (Å²) >= 11 is 0. The molecule has 0 radical (unpaired) electrons. The molecule has 4 heteroatoms. The van der Waals surface area contributed by atoms with E-state index in [2.05, 4.69) is 0 Å². The van der Waals surface area contributed by atoms with Crippen LogP contribution in [0.4, 0.5) is 0 Å². The first-order chi connectivity index (χ1) is 5.34. The molecule has 0 bridgehead atoms. The molecule has 0 heterocycles. The Morgan fingerprint density at radius 1 is 1.58 bits per heavy atom. The molecule has 0 unspecified atom stereocenters. The van der Waals surface area contributed by atoms with Crippen LogP contribution in [-0.4, -0.2) is 30.7 Å². The zero-order chi connectivity index (χ0) is 9.94. The van der Waals surface area contributed by atoms with Crippen LogP contribution in [0.2, 0.25) is 0 Å². The Labute approximate surface area is 73.6 Å². The summed E-state index contributed by atoms with van der Waals surface area (Å²) in [4.78, 5) is 16.3. The summed E-state index contributed by atoms with van der Waals surface area (Å²) in [6.45, 7) is 5.51. The lowest BCUT2D eigenvalue weighted by Crippen LogP contribution is -2.55. The first kappa shape index (κ1) is 11.4. The Balaban J connectivity index is 4.46. The topological polar surface area (TPSA) is 55.6 Å². The summed E-state index contributed by atoms with van der Waals surface area (Å²) in [5.41, 5.74) is 4.95. The summed E-state index contributed by atoms with van der Waals surface area (Å²) in [7, 11) is 2.99. The van der Waals surface area contributed by atoms with Crippen molar-refractivity contribution in [3.63, 3.8) is 0 Å². The van der Waals surface area contributed by atoms with Gasteiger partial charge < -0.3 is 5.73 Å². The van der Waals surface area contributed by atoms with E-state index in [-0.39, 0.29) is 11.8 Å². The highest BCUT2D eigenvalue weighted by Gasteiger charge is 2.34. The molecular weight excluding hydrogens is 156 g/mol. The number of hydrogen-bond acceptors (Lipinski definition) is 3. The number of likely N-dealkylation sites (N-methyl/N-ethyl adjacent to an activating group) is 1. The minimum atomic E-state index is -0.856. The van der Waals surface area contributed by atoms with Crippen LogP contribution in [0.25, 0.3) is 0 Å². The van der Waals surface area contributed by atoms with Gasteiger partial charge in [-0.05, 0) is 12.8 Å². The summed E-state index contributed by atoms with van der Waals surface area (Å²) in [6.07, 6.45) is 0. The standard InChI is InChI=1S/C8H18N2O2/c1-6(2)8(3,9)7(11)10(4)12-5/h6H,9H2,1-5H3/t8-/m0/s1. The lowest BCUT2D eigenvalue weighted by atomic mass is 9.89. The van der Waals surface area contributed by atoms with Gasteiger partial charge in [0, 0.05) is 7.05 Å². The van der Waals surface area contributed by atoms with Gasteiger partial charge in [0.25, 0.3) is 5.91 Å². The molecule has 0 aliphatic rings. The fourth-order valence-corrected chi connectivity index (χ4v) is 0.669. The highest BCUT2D eigenvalue weighted by Crippen LogP contribution is 2.15. The van der Waals surface area contributed by atoms with Gasteiger partial charge >= 0.3 is 0 Å². The maximum Gasteiger partial charge on any atom is 0.265 e. The van der Waals surface area contributed by atoms with Crippen molar-refractivity contribution in [3.8, 4) is 0 Å². The molecule has 0 saturated carbocycles. The molecule has 0 aromatic heterocycles. The van der Waals surface area contributed by atoms with Gasteiger partial charge in [-0.2, -0.15) is 0 Å². The van der Waals surface area contributed by atoms with E-state index in [0.29, 0.717) is 0 Å². The molecule has 1 atom stereocenters. The van der Waals surface area contributed by atoms with Gasteiger partial charge in [-0.1, -0.05) is 13.8 Å². The van der Waals surface area contributed by atoms with Gasteiger partial charge in [-0.3, -0.25) is 9.63 Å². The van der Waals surface area contributed by atoms with E-state index in [1.54, 1.807) is 14.0 Å². The third kappa shape index (κ3) is 2.19. The van der Waals surface area contributed by atoms with E-state index in [0.717, 1.165) is 5.06 Å². The maximum atomic E-state index is 11.5. The smallest absolute Gasteiger partial charge is 0.265 e. The average molecular weight is 174 g/mol. The Morgan fingerprint density at radius 3 is 2.25 bits per heavy atom.